The van der Waals surface area contributed by atoms with Crippen LogP contribution in [0, 0.1) is 174 Å². The van der Waals surface area contributed by atoms with Crippen molar-refractivity contribution in [3.8, 4) is 22.8 Å². The number of fused-ring (bicyclic) bond motifs is 18. The Labute approximate surface area is 927 Å². The number of rotatable bonds is 6. The first-order valence-electron chi connectivity index (χ1n) is 49.2. The molecular weight excluding hydrogens is 2010 g/mol. The summed E-state index contributed by atoms with van der Waals surface area (Å²) in [5.41, 5.74) is 51.3. The van der Waals surface area contributed by atoms with Gasteiger partial charge in [0.05, 0.1) is 123 Å². The van der Waals surface area contributed by atoms with Crippen LogP contribution in [-0.2, 0) is 34.7 Å². The molecule has 746 valence electrons. The Balaban J connectivity index is 0.000000155. The maximum Gasteiger partial charge on any atom is 0.123 e. The number of halogens is 6. The molecule has 0 fully saturated rings. The summed E-state index contributed by atoms with van der Waals surface area (Å²) in [6.45, 7) is 44.0. The molecule has 0 unspecified atom stereocenters. The predicted octanol–water partition coefficient (Wildman–Crippen LogP) is 35.4. The van der Waals surface area contributed by atoms with Crippen LogP contribution in [0.4, 0.5) is 0 Å². The van der Waals surface area contributed by atoms with E-state index in [1.54, 1.807) is 36.4 Å². The molecule has 148 heavy (non-hydrogen) atoms. The van der Waals surface area contributed by atoms with Gasteiger partial charge in [-0.25, -0.2) is 0 Å². The monoisotopic (exact) mass is 2130 g/mol. The Bertz CT molecular complexity index is 6610. The van der Waals surface area contributed by atoms with Gasteiger partial charge in [0.25, 0.3) is 0 Å². The first-order valence-corrected chi connectivity index (χ1v) is 51.4. The Morgan fingerprint density at radius 2 is 0.324 bits per heavy atom. The standard InChI is InChI=1S/2C37H25N4.4C10H15.3C6H4Cl2.2Cr/c2*1-4-10-24(11-5-1)35-29-18-16-27(38-29)28-17-19-30(39-28)36(25-12-6-2-7-13-25)32-21-23-34(41-32)37(26-14-8-3-9-15-26)33-22-20-31(35)40-33;4*1-6-7(2)9(4)10(5)8(6)3;3*7-5-3-1-2-4-6(5)8;;/h2*1-23,38,41H;4*1-5H3;3*1-4H;;/q2*+1;4*-1;;;;;. The fraction of sp³-hybridized carbons (Fsp3) is 0.152. The predicted molar refractivity (Wildman–Crippen MR) is 614 cm³/mol. The zero-order chi connectivity index (χ0) is 104. The minimum atomic E-state index is 0. The fourth-order valence-corrected chi connectivity index (χ4v) is 19.4. The summed E-state index contributed by atoms with van der Waals surface area (Å²) < 4.78 is 0. The van der Waals surface area contributed by atoms with Gasteiger partial charge in [-0.3, -0.25) is 0 Å². The average Bonchev–Trinajstić information content (AvgIpc) is 1.62. The summed E-state index contributed by atoms with van der Waals surface area (Å²) in [5.74, 6) is 6.35. The molecule has 16 bridgehead atoms. The van der Waals surface area contributed by atoms with Crippen LogP contribution in [-0.4, -0.2) is 19.9 Å². The molecule has 23 rings (SSSR count). The van der Waals surface area contributed by atoms with Gasteiger partial charge in [0.15, 0.2) is 0 Å². The van der Waals surface area contributed by atoms with Crippen molar-refractivity contribution in [2.45, 2.75) is 138 Å². The van der Waals surface area contributed by atoms with Gasteiger partial charge in [-0.1, -0.05) is 256 Å². The van der Waals surface area contributed by atoms with Gasteiger partial charge >= 0.3 is 0 Å². The number of benzene rings is 9. The number of nitrogens with one attached hydrogen (secondary N) is 4. The van der Waals surface area contributed by atoms with E-state index in [9.17, 15) is 0 Å². The zero-order valence-electron chi connectivity index (χ0n) is 87.4. The van der Waals surface area contributed by atoms with Crippen LogP contribution in [0.3, 0.4) is 0 Å². The SMILES string of the molecule is Cc1c(C)c(C)[c-](C)c1C.Cc1c(C)c(C)[c-](C)c1C.Cc1c(C)c(C)[c-](C)c1C.Cc1c(C)c(C)[c-](C)c1C.Clc1ccccc1Cl.Clc1ccccc1Cl.Clc1ccccc1Cl.[Cr].[Cr].c1ccc([C+]2c3ccc([n-]3)[C+](c3ccccc3)c3ccc([nH]3)[C+](c3ccccc3)c3ccc([n-]3)-c3ccc2[nH]3)cc1.c1ccc([C+]2c3ccc([n-]3)[C+](c3ccccc3)c3ccc([nH]3)[C+](c3ccccc3)c3ccc([n-]3)-c3ccc2[nH]3)cc1. The number of hydrogen-bond acceptors (Lipinski definition) is 0. The van der Waals surface area contributed by atoms with E-state index in [1.165, 1.54) is 111 Å². The van der Waals surface area contributed by atoms with Gasteiger partial charge in [-0.15, -0.1) is 11.4 Å². The number of aromatic amines is 4. The topological polar surface area (TPSA) is 120 Å². The maximum atomic E-state index is 5.58. The quantitative estimate of drug-likeness (QED) is 0.124. The molecule has 10 heterocycles. The summed E-state index contributed by atoms with van der Waals surface area (Å²) >= 11 is 33.5. The van der Waals surface area contributed by atoms with E-state index in [0.717, 1.165) is 160 Å². The summed E-state index contributed by atoms with van der Waals surface area (Å²) in [5, 5.41) is 3.63. The molecule has 0 radical (unpaired) electrons. The average molecular weight is 2140 g/mol. The van der Waals surface area contributed by atoms with Crippen molar-refractivity contribution in [3.05, 3.63) is 630 Å². The molecule has 0 saturated heterocycles. The third kappa shape index (κ3) is 25.6. The molecule has 13 aromatic carbocycles. The zero-order valence-corrected chi connectivity index (χ0v) is 94.4. The van der Waals surface area contributed by atoms with Crippen molar-refractivity contribution in [1.29, 1.82) is 0 Å². The van der Waals surface area contributed by atoms with Crippen molar-refractivity contribution in [2.75, 3.05) is 0 Å². The van der Waals surface area contributed by atoms with Crippen molar-refractivity contribution in [2.24, 2.45) is 0 Å². The summed E-state index contributed by atoms with van der Waals surface area (Å²) in [6, 6.07) is 118. The van der Waals surface area contributed by atoms with Crippen LogP contribution in [0.1, 0.15) is 213 Å². The molecule has 0 atom stereocenters. The number of hydrogen-bond donors (Lipinski definition) is 4. The molecular formula is C132H122Cl6Cr2N8-2. The molecule has 8 nitrogen and oxygen atoms in total. The van der Waals surface area contributed by atoms with Crippen LogP contribution in [0.15, 0.2) is 352 Å². The smallest absolute Gasteiger partial charge is 0.123 e. The first-order chi connectivity index (χ1) is 70.3. The molecule has 0 aliphatic carbocycles. The normalized spacial score (nSPS) is 11.4. The van der Waals surface area contributed by atoms with E-state index in [1.807, 2.05) is 72.8 Å². The van der Waals surface area contributed by atoms with Crippen molar-refractivity contribution in [3.63, 3.8) is 0 Å². The molecule has 0 saturated carbocycles. The summed E-state index contributed by atoms with van der Waals surface area (Å²) in [6.07, 6.45) is 0. The number of nitrogens with zero attached hydrogens (tertiary/aromatic N) is 4. The maximum absolute atomic E-state index is 5.58. The van der Waals surface area contributed by atoms with Crippen LogP contribution >= 0.6 is 69.6 Å². The Kier molecular flexibility index (Phi) is 38.6. The molecule has 4 N–H and O–H groups in total. The van der Waals surface area contributed by atoms with Crippen molar-refractivity contribution < 1.29 is 34.7 Å². The van der Waals surface area contributed by atoms with Gasteiger partial charge < -0.3 is 39.9 Å². The summed E-state index contributed by atoms with van der Waals surface area (Å²) in [7, 11) is 0. The number of aromatic nitrogens is 8. The molecule has 0 amide bonds. The minimum absolute atomic E-state index is 0. The number of H-pyrrole nitrogens is 4. The largest absolute Gasteiger partial charge is 0.641 e. The second-order valence-electron chi connectivity index (χ2n) is 37.2. The van der Waals surface area contributed by atoms with Gasteiger partial charge in [0.2, 0.25) is 0 Å². The Morgan fingerprint density at radius 3 is 0.486 bits per heavy atom. The molecule has 16 heteroatoms. The van der Waals surface area contributed by atoms with Crippen molar-refractivity contribution in [1.82, 2.24) is 39.9 Å². The van der Waals surface area contributed by atoms with Gasteiger partial charge in [0.1, 0.15) is 34.2 Å². The second-order valence-corrected chi connectivity index (χ2v) is 39.6. The molecule has 2 aliphatic heterocycles. The summed E-state index contributed by atoms with van der Waals surface area (Å²) in [4.78, 5) is 35.6. The minimum Gasteiger partial charge on any atom is -0.641 e. The van der Waals surface area contributed by atoms with E-state index < -0.39 is 0 Å². The van der Waals surface area contributed by atoms with Crippen LogP contribution in [0.2, 0.25) is 30.1 Å². The van der Waals surface area contributed by atoms with Crippen LogP contribution in [0.5, 0.6) is 0 Å². The van der Waals surface area contributed by atoms with E-state index in [2.05, 4.69) is 401 Å². The third-order valence-electron chi connectivity index (χ3n) is 29.1. The Morgan fingerprint density at radius 1 is 0.176 bits per heavy atom. The first kappa shape index (κ1) is 112. The molecule has 8 aromatic heterocycles. The van der Waals surface area contributed by atoms with Crippen LogP contribution in [0.25, 0.3) is 22.8 Å². The van der Waals surface area contributed by atoms with E-state index in [4.69, 9.17) is 89.5 Å². The second kappa shape index (κ2) is 51.0. The third-order valence-corrected chi connectivity index (χ3v) is 31.4. The van der Waals surface area contributed by atoms with E-state index >= 15 is 0 Å². The molecule has 2 aliphatic rings. The van der Waals surface area contributed by atoms with Gasteiger partial charge in [-0.2, -0.15) is 111 Å². The fourth-order valence-electron chi connectivity index (χ4n) is 18.6. The van der Waals surface area contributed by atoms with Gasteiger partial charge in [-0.05, 0) is 205 Å². The Hall–Kier alpha value is -13.4. The van der Waals surface area contributed by atoms with Gasteiger partial charge in [0, 0.05) is 155 Å². The molecule has 21 aromatic rings. The van der Waals surface area contributed by atoms with E-state index in [-0.39, 0.29) is 34.7 Å². The van der Waals surface area contributed by atoms with E-state index in [0.29, 0.717) is 30.1 Å². The molecule has 0 spiro atoms. The van der Waals surface area contributed by atoms with Crippen LogP contribution < -0.4 is 19.9 Å². The van der Waals surface area contributed by atoms with Crippen molar-refractivity contribution >= 4 is 69.6 Å².